The molecule has 4 N–H and O–H groups in total. The van der Waals surface area contributed by atoms with E-state index in [1.807, 2.05) is 6.07 Å². The molecule has 0 aliphatic rings. The Morgan fingerprint density at radius 3 is 2.34 bits per heavy atom. The van der Waals surface area contributed by atoms with Crippen LogP contribution in [0.25, 0.3) is 0 Å². The van der Waals surface area contributed by atoms with Crippen molar-refractivity contribution in [1.29, 1.82) is 0 Å². The topological polar surface area (TPSA) is 118 Å². The van der Waals surface area contributed by atoms with Crippen molar-refractivity contribution in [2.24, 2.45) is 0 Å². The summed E-state index contributed by atoms with van der Waals surface area (Å²) in [5, 5.41) is 8.04. The minimum Gasteiger partial charge on any atom is -0.355 e. The van der Waals surface area contributed by atoms with Crippen LogP contribution in [0.15, 0.2) is 48.7 Å². The normalized spacial score (nSPS) is 11.8. The number of carbonyl (C=O) groups is 1. The van der Waals surface area contributed by atoms with E-state index in [0.29, 0.717) is 25.1 Å². The summed E-state index contributed by atoms with van der Waals surface area (Å²) >= 11 is 0. The molecule has 0 bridgehead atoms. The molecule has 1 heterocycles. The molecular formula is C25H30F3N5O4P+. The van der Waals surface area contributed by atoms with Crippen LogP contribution in [-0.2, 0) is 21.4 Å². The minimum absolute atomic E-state index is 0.0820. The highest BCUT2D eigenvalue weighted by atomic mass is 31.2. The van der Waals surface area contributed by atoms with Gasteiger partial charge < -0.3 is 16.0 Å². The van der Waals surface area contributed by atoms with Gasteiger partial charge in [-0.3, -0.25) is 4.79 Å². The molecule has 2 aromatic carbocycles. The lowest BCUT2D eigenvalue weighted by Crippen LogP contribution is -2.20. The van der Waals surface area contributed by atoms with E-state index >= 15 is 0 Å². The Hall–Kier alpha value is -3.31. The van der Waals surface area contributed by atoms with Gasteiger partial charge in [-0.2, -0.15) is 32.1 Å². The first-order chi connectivity index (χ1) is 18.0. The molecule has 1 aromatic heterocycles. The van der Waals surface area contributed by atoms with E-state index in [4.69, 9.17) is 9.05 Å². The van der Waals surface area contributed by atoms with E-state index in [2.05, 4.69) is 25.9 Å². The van der Waals surface area contributed by atoms with Crippen molar-refractivity contribution in [2.45, 2.75) is 33.1 Å². The Morgan fingerprint density at radius 1 is 1.05 bits per heavy atom. The molecule has 204 valence electrons. The van der Waals surface area contributed by atoms with Crippen LogP contribution in [0.2, 0.25) is 0 Å². The van der Waals surface area contributed by atoms with Gasteiger partial charge in [0.2, 0.25) is 5.95 Å². The third kappa shape index (κ3) is 7.38. The van der Waals surface area contributed by atoms with Crippen molar-refractivity contribution < 1.29 is 31.9 Å². The Morgan fingerprint density at radius 2 is 1.74 bits per heavy atom. The van der Waals surface area contributed by atoms with Crippen molar-refractivity contribution in [2.75, 3.05) is 30.9 Å². The van der Waals surface area contributed by atoms with Crippen LogP contribution in [0.1, 0.15) is 40.9 Å². The number of alkyl halides is 3. The first-order valence-electron chi connectivity index (χ1n) is 11.8. The van der Waals surface area contributed by atoms with Crippen molar-refractivity contribution in [3.05, 3.63) is 70.9 Å². The molecule has 0 aliphatic carbocycles. The molecule has 0 radical (unpaired) electrons. The number of hydrogen-bond acceptors (Lipinski definition) is 8. The van der Waals surface area contributed by atoms with Gasteiger partial charge in [0.25, 0.3) is 5.91 Å². The first kappa shape index (κ1) is 29.2. The van der Waals surface area contributed by atoms with Gasteiger partial charge >= 0.3 is 14.1 Å². The molecule has 0 atom stereocenters. The molecule has 3 rings (SSSR count). The van der Waals surface area contributed by atoms with Gasteiger partial charge in [0.15, 0.2) is 6.16 Å². The maximum Gasteiger partial charge on any atom is 0.421 e. The molecule has 0 fully saturated rings. The van der Waals surface area contributed by atoms with Crippen molar-refractivity contribution in [3.63, 3.8) is 0 Å². The summed E-state index contributed by atoms with van der Waals surface area (Å²) in [5.74, 6) is -1.06. The summed E-state index contributed by atoms with van der Waals surface area (Å²) < 4.78 is 52.1. The number of nitrogens with one attached hydrogen (secondary N) is 3. The molecule has 1 amide bonds. The number of para-hydroxylation sites is 1. The van der Waals surface area contributed by atoms with E-state index in [-0.39, 0.29) is 23.4 Å². The van der Waals surface area contributed by atoms with Gasteiger partial charge in [0.05, 0.1) is 24.5 Å². The van der Waals surface area contributed by atoms with Crippen LogP contribution in [0.4, 0.5) is 36.3 Å². The maximum atomic E-state index is 13.7. The van der Waals surface area contributed by atoms with Gasteiger partial charge in [0, 0.05) is 18.9 Å². The smallest absolute Gasteiger partial charge is 0.355 e. The van der Waals surface area contributed by atoms with Gasteiger partial charge in [-0.05, 0) is 50.1 Å². The number of aryl methyl sites for hydroxylation is 1. The number of rotatable bonds is 11. The highest BCUT2D eigenvalue weighted by Crippen LogP contribution is 2.59. The predicted molar refractivity (Wildman–Crippen MR) is 141 cm³/mol. The standard InChI is InChI=1S/C25H29F3N5O4P/c1-5-36-38(35,37-6-2)15-17-11-12-20(16(3)13-17)32-24-30-14-19(25(26,27)28)22(33-24)31-21-10-8-7-9-18(21)23(34)29-4/h7-14,35H,5-6,15H2,1-4H3,(H2-,29,30,31,32,33,34)/p+1. The van der Waals surface area contributed by atoms with Crippen molar-refractivity contribution in [3.8, 4) is 0 Å². The third-order valence-corrected chi connectivity index (χ3v) is 7.42. The van der Waals surface area contributed by atoms with Crippen LogP contribution >= 0.6 is 7.94 Å². The average Bonchev–Trinajstić information content (AvgIpc) is 2.85. The number of halogens is 3. The summed E-state index contributed by atoms with van der Waals surface area (Å²) in [7, 11) is -1.63. The fraction of sp³-hybridized carbons (Fsp3) is 0.320. The Labute approximate surface area is 219 Å². The monoisotopic (exact) mass is 552 g/mol. The van der Waals surface area contributed by atoms with Crippen molar-refractivity contribution in [1.82, 2.24) is 15.3 Å². The number of nitrogens with zero attached hydrogens (tertiary/aromatic N) is 2. The lowest BCUT2D eigenvalue weighted by atomic mass is 10.1. The van der Waals surface area contributed by atoms with Crippen molar-refractivity contribution >= 4 is 37.0 Å². The number of aromatic nitrogens is 2. The first-order valence-corrected chi connectivity index (χ1v) is 13.5. The lowest BCUT2D eigenvalue weighted by Gasteiger charge is -2.18. The van der Waals surface area contributed by atoms with Crippen LogP contribution in [0.5, 0.6) is 0 Å². The van der Waals surface area contributed by atoms with Crippen LogP contribution in [0, 0.1) is 6.92 Å². The molecule has 9 nitrogen and oxygen atoms in total. The zero-order chi connectivity index (χ0) is 27.9. The van der Waals surface area contributed by atoms with Crippen LogP contribution < -0.4 is 16.0 Å². The Bertz CT molecular complexity index is 1270. The molecule has 0 saturated carbocycles. The molecule has 0 spiro atoms. The summed E-state index contributed by atoms with van der Waals surface area (Å²) in [4.78, 5) is 30.8. The molecule has 0 aliphatic heterocycles. The van der Waals surface area contributed by atoms with E-state index in [0.717, 1.165) is 11.1 Å². The molecule has 3 aromatic rings. The summed E-state index contributed by atoms with van der Waals surface area (Å²) in [6, 6.07) is 11.4. The Kier molecular flexibility index (Phi) is 9.61. The molecular weight excluding hydrogens is 522 g/mol. The molecule has 13 heteroatoms. The summed E-state index contributed by atoms with van der Waals surface area (Å²) in [6.07, 6.45) is -3.87. The Balaban J connectivity index is 1.90. The van der Waals surface area contributed by atoms with Gasteiger partial charge in [-0.25, -0.2) is 4.98 Å². The largest absolute Gasteiger partial charge is 0.421 e. The second kappa shape index (κ2) is 12.5. The fourth-order valence-electron chi connectivity index (χ4n) is 3.64. The number of amides is 1. The van der Waals surface area contributed by atoms with E-state index in [9.17, 15) is 22.9 Å². The van der Waals surface area contributed by atoms with Crippen LogP contribution in [0.3, 0.4) is 0 Å². The second-order valence-electron chi connectivity index (χ2n) is 8.11. The predicted octanol–water partition coefficient (Wildman–Crippen LogP) is 5.98. The van der Waals surface area contributed by atoms with E-state index in [1.54, 1.807) is 45.0 Å². The number of hydrogen-bond donors (Lipinski definition) is 4. The number of benzene rings is 2. The highest BCUT2D eigenvalue weighted by Gasteiger charge is 2.40. The third-order valence-electron chi connectivity index (χ3n) is 5.33. The zero-order valence-electron chi connectivity index (χ0n) is 21.4. The van der Waals surface area contributed by atoms with Gasteiger partial charge in [-0.15, -0.1) is 0 Å². The van der Waals surface area contributed by atoms with E-state index < -0.39 is 31.4 Å². The number of carbonyl (C=O) groups excluding carboxylic acids is 1. The van der Waals surface area contributed by atoms with Gasteiger partial charge in [-0.1, -0.05) is 24.3 Å². The SMILES string of the molecule is CCO[P+](O)(Cc1ccc(Nc2ncc(C(F)(F)F)c(Nc3ccccc3C(=O)NC)n2)c(C)c1)OCC. The summed E-state index contributed by atoms with van der Waals surface area (Å²) in [5.41, 5.74) is 1.29. The highest BCUT2D eigenvalue weighted by molar-refractivity contribution is 7.59. The maximum absolute atomic E-state index is 13.7. The minimum atomic E-state index is -4.73. The second-order valence-corrected chi connectivity index (χ2v) is 10.2. The molecule has 0 unspecified atom stereocenters. The lowest BCUT2D eigenvalue weighted by molar-refractivity contribution is -0.137. The average molecular weight is 553 g/mol. The quantitative estimate of drug-likeness (QED) is 0.215. The fourth-order valence-corrected chi connectivity index (χ4v) is 5.37. The number of anilines is 4. The van der Waals surface area contributed by atoms with Crippen LogP contribution in [-0.4, -0.2) is 41.0 Å². The zero-order valence-corrected chi connectivity index (χ0v) is 22.3. The summed E-state index contributed by atoms with van der Waals surface area (Å²) in [6.45, 7) is 5.95. The van der Waals surface area contributed by atoms with E-state index in [1.165, 1.54) is 19.2 Å². The molecule has 0 saturated heterocycles. The molecule has 38 heavy (non-hydrogen) atoms. The van der Waals surface area contributed by atoms with Gasteiger partial charge in [0.1, 0.15) is 11.4 Å².